The average Bonchev–Trinajstić information content (AvgIpc) is 2.35. The van der Waals surface area contributed by atoms with E-state index in [-0.39, 0.29) is 0 Å². The number of allylic oxidation sites excluding steroid dienone is 2. The average molecular weight is 238 g/mol. The van der Waals surface area contributed by atoms with Crippen molar-refractivity contribution in [1.29, 1.82) is 0 Å². The zero-order chi connectivity index (χ0) is 13.1. The van der Waals surface area contributed by atoms with Crippen LogP contribution in [0.1, 0.15) is 79.6 Å². The van der Waals surface area contributed by atoms with Gasteiger partial charge >= 0.3 is 0 Å². The van der Waals surface area contributed by atoms with Crippen LogP contribution in [0.5, 0.6) is 0 Å². The van der Waals surface area contributed by atoms with E-state index in [1.54, 1.807) is 0 Å². The Labute approximate surface area is 110 Å². The molecule has 0 N–H and O–H groups in total. The summed E-state index contributed by atoms with van der Waals surface area (Å²) in [5.74, 6) is 2.60. The zero-order valence-corrected chi connectivity index (χ0v) is 12.8. The maximum absolute atomic E-state index is 2.45. The number of hydrogen-bond acceptors (Lipinski definition) is 0. The summed E-state index contributed by atoms with van der Waals surface area (Å²) in [5, 5.41) is 0. The van der Waals surface area contributed by atoms with Crippen LogP contribution >= 0.6 is 0 Å². The van der Waals surface area contributed by atoms with Gasteiger partial charge in [0.2, 0.25) is 0 Å². The topological polar surface area (TPSA) is 0 Å². The largest absolute Gasteiger partial charge is 0.0880 e. The molecule has 0 radical (unpaired) electrons. The summed E-state index contributed by atoms with van der Waals surface area (Å²) in [4.78, 5) is 0. The third-order valence-corrected chi connectivity index (χ3v) is 4.16. The Morgan fingerprint density at radius 3 is 1.94 bits per heavy atom. The molecule has 0 bridgehead atoms. The van der Waals surface area contributed by atoms with Crippen molar-refractivity contribution in [2.45, 2.75) is 79.6 Å². The first kappa shape index (κ1) is 16.7. The van der Waals surface area contributed by atoms with Gasteiger partial charge in [0.15, 0.2) is 0 Å². The van der Waals surface area contributed by atoms with Crippen LogP contribution in [0.2, 0.25) is 0 Å². The van der Waals surface area contributed by atoms with E-state index in [2.05, 4.69) is 46.8 Å². The highest BCUT2D eigenvalue weighted by molar-refractivity contribution is 4.89. The first-order valence-electron chi connectivity index (χ1n) is 7.86. The molecule has 0 saturated heterocycles. The van der Waals surface area contributed by atoms with E-state index in [9.17, 15) is 0 Å². The van der Waals surface area contributed by atoms with E-state index in [4.69, 9.17) is 0 Å². The van der Waals surface area contributed by atoms with E-state index < -0.39 is 0 Å². The van der Waals surface area contributed by atoms with Gasteiger partial charge in [-0.1, -0.05) is 78.9 Å². The minimum absolute atomic E-state index is 0.772. The van der Waals surface area contributed by atoms with Crippen LogP contribution in [0.15, 0.2) is 12.2 Å². The fourth-order valence-electron chi connectivity index (χ4n) is 2.76. The van der Waals surface area contributed by atoms with Gasteiger partial charge in [-0.15, -0.1) is 0 Å². The van der Waals surface area contributed by atoms with E-state index in [0.717, 1.165) is 17.8 Å². The van der Waals surface area contributed by atoms with E-state index >= 15 is 0 Å². The molecular weight excluding hydrogens is 204 g/mol. The quantitative estimate of drug-likeness (QED) is 0.396. The molecule has 0 spiro atoms. The molecule has 0 fully saturated rings. The minimum Gasteiger partial charge on any atom is -0.0880 e. The predicted octanol–water partition coefficient (Wildman–Crippen LogP) is 6.22. The maximum Gasteiger partial charge on any atom is -0.0262 e. The molecule has 0 saturated carbocycles. The third kappa shape index (κ3) is 7.63. The molecule has 0 aromatic rings. The highest BCUT2D eigenvalue weighted by atomic mass is 14.2. The van der Waals surface area contributed by atoms with Crippen LogP contribution in [0, 0.1) is 17.8 Å². The van der Waals surface area contributed by atoms with Gasteiger partial charge in [-0.05, 0) is 30.6 Å². The summed E-state index contributed by atoms with van der Waals surface area (Å²) in [6.45, 7) is 11.6. The van der Waals surface area contributed by atoms with E-state index in [1.807, 2.05) is 0 Å². The monoisotopic (exact) mass is 238 g/mol. The van der Waals surface area contributed by atoms with Crippen LogP contribution in [-0.2, 0) is 0 Å². The minimum atomic E-state index is 0.772. The van der Waals surface area contributed by atoms with Crippen molar-refractivity contribution in [3.8, 4) is 0 Å². The van der Waals surface area contributed by atoms with E-state index in [0.29, 0.717) is 0 Å². The van der Waals surface area contributed by atoms with Crippen LogP contribution < -0.4 is 0 Å². The van der Waals surface area contributed by atoms with Crippen LogP contribution in [0.3, 0.4) is 0 Å². The molecule has 0 heterocycles. The normalized spacial score (nSPS) is 15.6. The molecule has 0 aromatic carbocycles. The van der Waals surface area contributed by atoms with Gasteiger partial charge in [-0.2, -0.15) is 0 Å². The lowest BCUT2D eigenvalue weighted by Crippen LogP contribution is -2.11. The molecule has 0 rings (SSSR count). The number of hydrogen-bond donors (Lipinski definition) is 0. The Bertz CT molecular complexity index is 176. The lowest BCUT2D eigenvalue weighted by Gasteiger charge is -2.22. The Kier molecular flexibility index (Phi) is 10.7. The number of rotatable bonds is 10. The van der Waals surface area contributed by atoms with Gasteiger partial charge in [-0.3, -0.25) is 0 Å². The second-order valence-corrected chi connectivity index (χ2v) is 5.53. The van der Waals surface area contributed by atoms with Crippen LogP contribution in [0.25, 0.3) is 0 Å². The summed E-state index contributed by atoms with van der Waals surface area (Å²) >= 11 is 0. The van der Waals surface area contributed by atoms with Crippen LogP contribution in [-0.4, -0.2) is 0 Å². The molecule has 0 aromatic heterocycles. The Hall–Kier alpha value is -0.260. The molecule has 0 amide bonds. The summed E-state index contributed by atoms with van der Waals surface area (Å²) in [7, 11) is 0. The van der Waals surface area contributed by atoms with Crippen molar-refractivity contribution in [3.05, 3.63) is 12.2 Å². The smallest absolute Gasteiger partial charge is 0.0262 e. The maximum atomic E-state index is 2.45. The molecule has 2 atom stereocenters. The lowest BCUT2D eigenvalue weighted by molar-refractivity contribution is 0.306. The first-order valence-corrected chi connectivity index (χ1v) is 7.86. The molecule has 0 nitrogen and oxygen atoms in total. The van der Waals surface area contributed by atoms with Crippen molar-refractivity contribution in [2.24, 2.45) is 17.8 Å². The van der Waals surface area contributed by atoms with Gasteiger partial charge in [0.25, 0.3) is 0 Å². The second kappa shape index (κ2) is 10.9. The summed E-state index contributed by atoms with van der Waals surface area (Å²) < 4.78 is 0. The van der Waals surface area contributed by atoms with Gasteiger partial charge in [0.05, 0.1) is 0 Å². The molecule has 0 aliphatic heterocycles. The zero-order valence-electron chi connectivity index (χ0n) is 12.8. The lowest BCUT2D eigenvalue weighted by atomic mass is 9.83. The number of unbranched alkanes of at least 4 members (excludes halogenated alkanes) is 1. The van der Waals surface area contributed by atoms with Gasteiger partial charge in [-0.25, -0.2) is 0 Å². The van der Waals surface area contributed by atoms with Gasteiger partial charge < -0.3 is 0 Å². The Morgan fingerprint density at radius 2 is 1.47 bits per heavy atom. The fourth-order valence-corrected chi connectivity index (χ4v) is 2.76. The van der Waals surface area contributed by atoms with Crippen molar-refractivity contribution in [1.82, 2.24) is 0 Å². The third-order valence-electron chi connectivity index (χ3n) is 4.16. The standard InChI is InChI=1S/C17H34/c1-6-10-12-15(5)13-11-14-17(9-4)16(7-2)8-3/h11,13,15-17H,6-10,12,14H2,1-5H3. The van der Waals surface area contributed by atoms with Gasteiger partial charge in [0.1, 0.15) is 0 Å². The molecule has 17 heavy (non-hydrogen) atoms. The molecular formula is C17H34. The van der Waals surface area contributed by atoms with Crippen molar-refractivity contribution < 1.29 is 0 Å². The Morgan fingerprint density at radius 1 is 0.882 bits per heavy atom. The fraction of sp³-hybridized carbons (Fsp3) is 0.882. The van der Waals surface area contributed by atoms with Crippen LogP contribution in [0.4, 0.5) is 0 Å². The molecule has 0 heteroatoms. The van der Waals surface area contributed by atoms with Crippen molar-refractivity contribution in [3.63, 3.8) is 0 Å². The Balaban J connectivity index is 3.99. The summed E-state index contributed by atoms with van der Waals surface area (Å²) in [5.41, 5.74) is 0. The SMILES string of the molecule is CCCCC(C)C=CCC(CC)C(CC)CC. The highest BCUT2D eigenvalue weighted by Crippen LogP contribution is 2.26. The van der Waals surface area contributed by atoms with Gasteiger partial charge in [0, 0.05) is 0 Å². The van der Waals surface area contributed by atoms with Crippen molar-refractivity contribution in [2.75, 3.05) is 0 Å². The van der Waals surface area contributed by atoms with Crippen molar-refractivity contribution >= 4 is 0 Å². The summed E-state index contributed by atoms with van der Waals surface area (Å²) in [6.07, 6.45) is 14.3. The molecule has 102 valence electrons. The second-order valence-electron chi connectivity index (χ2n) is 5.53. The summed E-state index contributed by atoms with van der Waals surface area (Å²) in [6, 6.07) is 0. The first-order chi connectivity index (χ1) is 8.19. The molecule has 0 aliphatic carbocycles. The predicted molar refractivity (Wildman–Crippen MR) is 80.3 cm³/mol. The molecule has 2 unspecified atom stereocenters. The van der Waals surface area contributed by atoms with E-state index in [1.165, 1.54) is 44.9 Å². The molecule has 0 aliphatic rings. The highest BCUT2D eigenvalue weighted by Gasteiger charge is 2.14.